The number of nitriles is 1. The van der Waals surface area contributed by atoms with Crippen molar-refractivity contribution < 1.29 is 18.1 Å². The maximum Gasteiger partial charge on any atom is 0.144 e. The summed E-state index contributed by atoms with van der Waals surface area (Å²) in [4.78, 5) is 0.511. The van der Waals surface area contributed by atoms with E-state index in [1.54, 1.807) is 30.3 Å². The lowest BCUT2D eigenvalue weighted by Crippen LogP contribution is -2.63. The van der Waals surface area contributed by atoms with Gasteiger partial charge in [-0.05, 0) is 43.2 Å². The fourth-order valence-corrected chi connectivity index (χ4v) is 6.12. The zero-order valence-electron chi connectivity index (χ0n) is 17.9. The molecule has 1 unspecified atom stereocenters. The van der Waals surface area contributed by atoms with Gasteiger partial charge in [0.15, 0.2) is 0 Å². The topological polar surface area (TPSA) is 74.6 Å². The summed E-state index contributed by atoms with van der Waals surface area (Å²) < 4.78 is 40.4. The molecule has 0 saturated carbocycles. The van der Waals surface area contributed by atoms with Gasteiger partial charge in [-0.25, -0.2) is 12.9 Å². The third-order valence-electron chi connectivity index (χ3n) is 5.84. The summed E-state index contributed by atoms with van der Waals surface area (Å²) in [5, 5.41) is 13.2. The lowest BCUT2D eigenvalue weighted by molar-refractivity contribution is 0.0185. The normalized spacial score (nSPS) is 20.7. The molecule has 2 aromatic carbocycles. The highest BCUT2D eigenvalue weighted by Crippen LogP contribution is 2.36. The van der Waals surface area contributed by atoms with Crippen LogP contribution in [0.1, 0.15) is 18.4 Å². The number of benzene rings is 2. The van der Waals surface area contributed by atoms with Crippen molar-refractivity contribution in [2.45, 2.75) is 23.8 Å². The zero-order valence-corrected chi connectivity index (χ0v) is 20.2. The van der Waals surface area contributed by atoms with Crippen LogP contribution >= 0.6 is 23.2 Å². The molecule has 4 rings (SSSR count). The van der Waals surface area contributed by atoms with Crippen LogP contribution in [-0.2, 0) is 15.7 Å². The second-order valence-electron chi connectivity index (χ2n) is 8.43. The minimum Gasteiger partial charge on any atom is -0.493 e. The van der Waals surface area contributed by atoms with Crippen LogP contribution in [0.2, 0.25) is 10.0 Å². The molecule has 33 heavy (non-hydrogen) atoms. The Bertz CT molecular complexity index is 1070. The van der Waals surface area contributed by atoms with Crippen LogP contribution in [0.15, 0.2) is 41.3 Å². The summed E-state index contributed by atoms with van der Waals surface area (Å²) in [6.07, 6.45) is 2.31. The molecule has 0 radical (unpaired) electrons. The molecule has 2 heterocycles. The lowest BCUT2D eigenvalue weighted by Gasteiger charge is -2.49. The molecular formula is C23H24Cl2FN3O3S. The van der Waals surface area contributed by atoms with Crippen LogP contribution in [-0.4, -0.2) is 54.0 Å². The van der Waals surface area contributed by atoms with Gasteiger partial charge < -0.3 is 14.8 Å². The third-order valence-corrected chi connectivity index (χ3v) is 7.96. The van der Waals surface area contributed by atoms with E-state index in [0.717, 1.165) is 26.0 Å². The average Bonchev–Trinajstić information content (AvgIpc) is 3.28. The van der Waals surface area contributed by atoms with Gasteiger partial charge in [0.05, 0.1) is 28.2 Å². The molecule has 0 bridgehead atoms. The molecule has 1 N–H and O–H groups in total. The molecule has 0 aromatic heterocycles. The maximum atomic E-state index is 14.0. The second-order valence-corrected chi connectivity index (χ2v) is 10.7. The molecule has 2 aliphatic rings. The van der Waals surface area contributed by atoms with Crippen molar-refractivity contribution >= 4 is 34.2 Å². The molecular weight excluding hydrogens is 488 g/mol. The minimum absolute atomic E-state index is 0.0275. The fraction of sp³-hybridized carbons (Fsp3) is 0.435. The SMILES string of the molecule is N#Cc1ccc(OCC2(CNC[C@H]3CCCO3)CN(S(=O)c3ccc(Cl)cc3Cl)C2)cc1F. The van der Waals surface area contributed by atoms with Gasteiger partial charge >= 0.3 is 0 Å². The molecule has 2 aromatic rings. The summed E-state index contributed by atoms with van der Waals surface area (Å²) in [6.45, 7) is 3.48. The zero-order chi connectivity index (χ0) is 23.4. The molecule has 176 valence electrons. The number of nitrogens with zero attached hydrogens (tertiary/aromatic N) is 2. The van der Waals surface area contributed by atoms with E-state index in [4.69, 9.17) is 37.9 Å². The van der Waals surface area contributed by atoms with Crippen LogP contribution in [0.4, 0.5) is 4.39 Å². The van der Waals surface area contributed by atoms with Crippen molar-refractivity contribution in [2.75, 3.05) is 39.4 Å². The Labute approximate surface area is 205 Å². The van der Waals surface area contributed by atoms with Crippen molar-refractivity contribution in [3.05, 3.63) is 57.8 Å². The highest BCUT2D eigenvalue weighted by atomic mass is 35.5. The smallest absolute Gasteiger partial charge is 0.144 e. The third kappa shape index (κ3) is 5.86. The first-order valence-electron chi connectivity index (χ1n) is 10.7. The van der Waals surface area contributed by atoms with E-state index in [9.17, 15) is 8.60 Å². The van der Waals surface area contributed by atoms with Crippen molar-refractivity contribution in [3.8, 4) is 11.8 Å². The van der Waals surface area contributed by atoms with E-state index in [1.165, 1.54) is 12.1 Å². The predicted molar refractivity (Wildman–Crippen MR) is 125 cm³/mol. The molecule has 2 fully saturated rings. The number of ether oxygens (including phenoxy) is 2. The predicted octanol–water partition coefficient (Wildman–Crippen LogP) is 4.18. The van der Waals surface area contributed by atoms with Gasteiger partial charge in [0.2, 0.25) is 0 Å². The van der Waals surface area contributed by atoms with Crippen molar-refractivity contribution in [3.63, 3.8) is 0 Å². The Morgan fingerprint density at radius 3 is 2.79 bits per heavy atom. The molecule has 2 atom stereocenters. The Balaban J connectivity index is 1.41. The Morgan fingerprint density at radius 2 is 2.12 bits per heavy atom. The average molecular weight is 512 g/mol. The highest BCUT2D eigenvalue weighted by Gasteiger charge is 2.46. The van der Waals surface area contributed by atoms with Gasteiger partial charge in [-0.15, -0.1) is 0 Å². The van der Waals surface area contributed by atoms with Crippen LogP contribution in [0.3, 0.4) is 0 Å². The number of halogens is 3. The van der Waals surface area contributed by atoms with E-state index in [0.29, 0.717) is 46.9 Å². The second kappa shape index (κ2) is 10.7. The van der Waals surface area contributed by atoms with E-state index in [-0.39, 0.29) is 17.1 Å². The fourth-order valence-electron chi connectivity index (χ4n) is 4.05. The number of hydrogen-bond acceptors (Lipinski definition) is 5. The molecule has 0 spiro atoms. The summed E-state index contributed by atoms with van der Waals surface area (Å²) >= 11 is 12.2. The van der Waals surface area contributed by atoms with E-state index >= 15 is 0 Å². The van der Waals surface area contributed by atoms with Gasteiger partial charge in [0.25, 0.3) is 0 Å². The molecule has 2 saturated heterocycles. The van der Waals surface area contributed by atoms with E-state index in [2.05, 4.69) is 5.32 Å². The Morgan fingerprint density at radius 1 is 1.30 bits per heavy atom. The van der Waals surface area contributed by atoms with Gasteiger partial charge in [0.1, 0.15) is 28.6 Å². The van der Waals surface area contributed by atoms with Crippen molar-refractivity contribution in [1.82, 2.24) is 9.62 Å². The molecule has 0 aliphatic carbocycles. The van der Waals surface area contributed by atoms with Crippen LogP contribution < -0.4 is 10.1 Å². The van der Waals surface area contributed by atoms with E-state index < -0.39 is 16.8 Å². The monoisotopic (exact) mass is 511 g/mol. The highest BCUT2D eigenvalue weighted by molar-refractivity contribution is 7.82. The van der Waals surface area contributed by atoms with Gasteiger partial charge in [-0.3, -0.25) is 0 Å². The summed E-state index contributed by atoms with van der Waals surface area (Å²) in [5.74, 6) is -0.264. The summed E-state index contributed by atoms with van der Waals surface area (Å²) in [7, 11) is -1.43. The standard InChI is InChI=1S/C23H24Cl2FN3O3S/c24-17-4-6-22(20(25)8-17)33(30)29-13-23(14-29,12-28-11-19-2-1-7-31-19)15-32-18-5-3-16(10-27)21(26)9-18/h3-6,8-9,19,28H,1-2,7,11-15H2/t19-,33?/m1/s1. The number of nitrogens with one attached hydrogen (secondary N) is 1. The minimum atomic E-state index is -1.43. The Kier molecular flexibility index (Phi) is 7.90. The van der Waals surface area contributed by atoms with Gasteiger partial charge in [0, 0.05) is 49.3 Å². The molecule has 10 heteroatoms. The molecule has 2 aliphatic heterocycles. The van der Waals surface area contributed by atoms with Crippen molar-refractivity contribution in [1.29, 1.82) is 5.26 Å². The van der Waals surface area contributed by atoms with Crippen LogP contribution in [0.25, 0.3) is 0 Å². The van der Waals surface area contributed by atoms with Crippen molar-refractivity contribution in [2.24, 2.45) is 5.41 Å². The van der Waals surface area contributed by atoms with Gasteiger partial charge in [-0.1, -0.05) is 23.2 Å². The van der Waals surface area contributed by atoms with Crippen LogP contribution in [0.5, 0.6) is 5.75 Å². The summed E-state index contributed by atoms with van der Waals surface area (Å²) in [6, 6.07) is 10.9. The lowest BCUT2D eigenvalue weighted by atomic mass is 9.82. The van der Waals surface area contributed by atoms with E-state index in [1.807, 2.05) is 4.31 Å². The quantitative estimate of drug-likeness (QED) is 0.546. The number of hydrogen-bond donors (Lipinski definition) is 1. The Hall–Kier alpha value is -1.73. The first-order chi connectivity index (χ1) is 15.9. The maximum absolute atomic E-state index is 14.0. The largest absolute Gasteiger partial charge is 0.493 e. The first kappa shape index (κ1) is 24.4. The molecule has 0 amide bonds. The van der Waals surface area contributed by atoms with Gasteiger partial charge in [-0.2, -0.15) is 5.26 Å². The molecule has 6 nitrogen and oxygen atoms in total. The summed E-state index contributed by atoms with van der Waals surface area (Å²) in [5.41, 5.74) is -0.349. The number of rotatable bonds is 9. The first-order valence-corrected chi connectivity index (χ1v) is 12.5. The van der Waals surface area contributed by atoms with Crippen LogP contribution in [0, 0.1) is 22.6 Å².